The van der Waals surface area contributed by atoms with Gasteiger partial charge in [0, 0.05) is 5.25 Å². The van der Waals surface area contributed by atoms with Crippen LogP contribution < -0.4 is 4.18 Å². The number of hydrogen-bond acceptors (Lipinski definition) is 3. The standard InChI is InChI=1S/C10H12O3S/c1-7(2)14-13-9-6-4-3-5-8(9)10(11)12/h3-7H,1-2H3,(H,11,12). The maximum atomic E-state index is 10.8. The second kappa shape index (κ2) is 4.91. The summed E-state index contributed by atoms with van der Waals surface area (Å²) in [5, 5.41) is 9.14. The Kier molecular flexibility index (Phi) is 3.83. The number of para-hydroxylation sites is 1. The van der Waals surface area contributed by atoms with Crippen molar-refractivity contribution in [2.24, 2.45) is 0 Å². The zero-order valence-electron chi connectivity index (χ0n) is 8.06. The van der Waals surface area contributed by atoms with Gasteiger partial charge in [0.15, 0.2) is 5.75 Å². The van der Waals surface area contributed by atoms with Gasteiger partial charge >= 0.3 is 5.97 Å². The molecule has 0 aliphatic carbocycles. The monoisotopic (exact) mass is 212 g/mol. The molecule has 0 bridgehead atoms. The molecule has 1 N–H and O–H groups in total. The fourth-order valence-corrected chi connectivity index (χ4v) is 1.31. The van der Waals surface area contributed by atoms with Gasteiger partial charge in [-0.05, 0) is 12.1 Å². The molecule has 3 nitrogen and oxygen atoms in total. The Bertz CT molecular complexity index is 323. The van der Waals surface area contributed by atoms with Gasteiger partial charge in [0.1, 0.15) is 5.56 Å². The molecule has 0 saturated heterocycles. The van der Waals surface area contributed by atoms with E-state index in [2.05, 4.69) is 0 Å². The summed E-state index contributed by atoms with van der Waals surface area (Å²) in [5.74, 6) is -0.566. The predicted octanol–water partition coefficient (Wildman–Crippen LogP) is 2.82. The highest BCUT2D eigenvalue weighted by Gasteiger charge is 2.10. The fraction of sp³-hybridized carbons (Fsp3) is 0.300. The summed E-state index contributed by atoms with van der Waals surface area (Å²) in [6.07, 6.45) is 0. The van der Waals surface area contributed by atoms with Crippen LogP contribution in [0.5, 0.6) is 5.75 Å². The van der Waals surface area contributed by atoms with Crippen molar-refractivity contribution in [3.63, 3.8) is 0 Å². The van der Waals surface area contributed by atoms with Crippen molar-refractivity contribution < 1.29 is 14.1 Å². The molecule has 1 aromatic rings. The zero-order valence-corrected chi connectivity index (χ0v) is 8.88. The Morgan fingerprint density at radius 3 is 2.64 bits per heavy atom. The summed E-state index contributed by atoms with van der Waals surface area (Å²) in [5.41, 5.74) is 0.195. The van der Waals surface area contributed by atoms with E-state index in [9.17, 15) is 4.79 Å². The molecule has 0 radical (unpaired) electrons. The number of carboxylic acid groups (broad SMARTS) is 1. The number of carbonyl (C=O) groups is 1. The average molecular weight is 212 g/mol. The van der Waals surface area contributed by atoms with E-state index in [-0.39, 0.29) is 5.56 Å². The average Bonchev–Trinajstić information content (AvgIpc) is 2.15. The summed E-state index contributed by atoms with van der Waals surface area (Å²) in [7, 11) is 0. The molecular weight excluding hydrogens is 200 g/mol. The van der Waals surface area contributed by atoms with Gasteiger partial charge < -0.3 is 9.29 Å². The molecule has 0 heterocycles. The molecule has 1 aromatic carbocycles. The lowest BCUT2D eigenvalue weighted by molar-refractivity contribution is 0.0695. The van der Waals surface area contributed by atoms with Gasteiger partial charge in [-0.15, -0.1) is 0 Å². The summed E-state index contributed by atoms with van der Waals surface area (Å²) < 4.78 is 5.30. The lowest BCUT2D eigenvalue weighted by Crippen LogP contribution is -2.00. The van der Waals surface area contributed by atoms with Gasteiger partial charge in [0.2, 0.25) is 0 Å². The van der Waals surface area contributed by atoms with E-state index < -0.39 is 5.97 Å². The van der Waals surface area contributed by atoms with Crippen molar-refractivity contribution in [1.82, 2.24) is 0 Å². The largest absolute Gasteiger partial charge is 0.478 e. The van der Waals surface area contributed by atoms with Gasteiger partial charge in [-0.2, -0.15) is 0 Å². The molecule has 14 heavy (non-hydrogen) atoms. The Labute approximate surface area is 87.3 Å². The topological polar surface area (TPSA) is 46.5 Å². The van der Waals surface area contributed by atoms with Crippen LogP contribution in [0.15, 0.2) is 24.3 Å². The molecule has 0 aliphatic heterocycles. The molecule has 0 unspecified atom stereocenters. The summed E-state index contributed by atoms with van der Waals surface area (Å²) in [6.45, 7) is 3.96. The number of carboxylic acids is 1. The van der Waals surface area contributed by atoms with Gasteiger partial charge in [0.05, 0.1) is 12.0 Å². The number of aromatic carboxylic acids is 1. The van der Waals surface area contributed by atoms with Crippen molar-refractivity contribution >= 4 is 18.0 Å². The normalized spacial score (nSPS) is 10.2. The number of benzene rings is 1. The van der Waals surface area contributed by atoms with E-state index in [1.165, 1.54) is 18.1 Å². The molecule has 76 valence electrons. The van der Waals surface area contributed by atoms with Crippen LogP contribution in [0.2, 0.25) is 0 Å². The van der Waals surface area contributed by atoms with Crippen LogP contribution in [0.25, 0.3) is 0 Å². The van der Waals surface area contributed by atoms with Crippen LogP contribution in [0, 0.1) is 0 Å². The van der Waals surface area contributed by atoms with Gasteiger partial charge in [-0.3, -0.25) is 0 Å². The first-order chi connectivity index (χ1) is 6.61. The first-order valence-corrected chi connectivity index (χ1v) is 5.07. The van der Waals surface area contributed by atoms with Crippen molar-refractivity contribution in [2.75, 3.05) is 0 Å². The molecule has 0 fully saturated rings. The Morgan fingerprint density at radius 2 is 2.07 bits per heavy atom. The third-order valence-corrected chi connectivity index (χ3v) is 2.11. The quantitative estimate of drug-likeness (QED) is 0.779. The summed E-state index contributed by atoms with van der Waals surface area (Å²) >= 11 is 1.25. The van der Waals surface area contributed by atoms with Gasteiger partial charge in [-0.1, -0.05) is 26.0 Å². The molecule has 0 aliphatic rings. The smallest absolute Gasteiger partial charge is 0.339 e. The summed E-state index contributed by atoms with van der Waals surface area (Å²) in [6, 6.07) is 6.61. The van der Waals surface area contributed by atoms with E-state index >= 15 is 0 Å². The van der Waals surface area contributed by atoms with E-state index in [1.54, 1.807) is 18.2 Å². The number of hydrogen-bond donors (Lipinski definition) is 1. The van der Waals surface area contributed by atoms with Crippen molar-refractivity contribution in [3.05, 3.63) is 29.8 Å². The molecule has 1 rings (SSSR count). The van der Waals surface area contributed by atoms with Crippen LogP contribution in [-0.4, -0.2) is 16.3 Å². The van der Waals surface area contributed by atoms with Crippen LogP contribution in [-0.2, 0) is 0 Å². The molecule has 0 saturated carbocycles. The lowest BCUT2D eigenvalue weighted by atomic mass is 10.2. The third kappa shape index (κ3) is 2.96. The Morgan fingerprint density at radius 1 is 1.43 bits per heavy atom. The Hall–Kier alpha value is -1.16. The van der Waals surface area contributed by atoms with Crippen molar-refractivity contribution in [1.29, 1.82) is 0 Å². The maximum Gasteiger partial charge on any atom is 0.339 e. The van der Waals surface area contributed by atoms with E-state index in [0.717, 1.165) is 0 Å². The van der Waals surface area contributed by atoms with Crippen LogP contribution in [0.1, 0.15) is 24.2 Å². The molecule has 0 aromatic heterocycles. The molecular formula is C10H12O3S. The molecule has 4 heteroatoms. The van der Waals surface area contributed by atoms with E-state index in [0.29, 0.717) is 11.0 Å². The third-order valence-electron chi connectivity index (χ3n) is 1.45. The lowest BCUT2D eigenvalue weighted by Gasteiger charge is -2.08. The Balaban J connectivity index is 2.79. The second-order valence-electron chi connectivity index (χ2n) is 3.03. The predicted molar refractivity (Wildman–Crippen MR) is 56.8 cm³/mol. The molecule has 0 atom stereocenters. The minimum Gasteiger partial charge on any atom is -0.478 e. The van der Waals surface area contributed by atoms with Gasteiger partial charge in [0.25, 0.3) is 0 Å². The maximum absolute atomic E-state index is 10.8. The number of rotatable bonds is 4. The highest BCUT2D eigenvalue weighted by Crippen LogP contribution is 2.23. The minimum absolute atomic E-state index is 0.195. The SMILES string of the molecule is CC(C)SOc1ccccc1C(=O)O. The summed E-state index contributed by atoms with van der Waals surface area (Å²) in [4.78, 5) is 10.8. The molecule has 0 spiro atoms. The van der Waals surface area contributed by atoms with Crippen LogP contribution in [0.3, 0.4) is 0 Å². The zero-order chi connectivity index (χ0) is 10.6. The van der Waals surface area contributed by atoms with Crippen LogP contribution in [0.4, 0.5) is 0 Å². The first-order valence-electron chi connectivity index (χ1n) is 4.27. The molecule has 0 amide bonds. The second-order valence-corrected chi connectivity index (χ2v) is 4.33. The highest BCUT2D eigenvalue weighted by molar-refractivity contribution is 7.95. The fourth-order valence-electron chi connectivity index (χ4n) is 0.864. The van der Waals surface area contributed by atoms with E-state index in [1.807, 2.05) is 13.8 Å². The first kappa shape index (κ1) is 10.9. The van der Waals surface area contributed by atoms with Crippen LogP contribution >= 0.6 is 12.0 Å². The highest BCUT2D eigenvalue weighted by atomic mass is 32.2. The van der Waals surface area contributed by atoms with Crippen molar-refractivity contribution in [2.45, 2.75) is 19.1 Å². The van der Waals surface area contributed by atoms with Crippen molar-refractivity contribution in [3.8, 4) is 5.75 Å². The van der Waals surface area contributed by atoms with E-state index in [4.69, 9.17) is 9.29 Å². The minimum atomic E-state index is -0.968. The van der Waals surface area contributed by atoms with Gasteiger partial charge in [-0.25, -0.2) is 4.79 Å².